The molecule has 1 saturated carbocycles. The van der Waals surface area contributed by atoms with Crippen LogP contribution in [0, 0.1) is 23.7 Å². The molecule has 0 spiro atoms. The number of carbonyl (C=O) groups excluding carboxylic acids is 3. The summed E-state index contributed by atoms with van der Waals surface area (Å²) in [4.78, 5) is 37.5. The normalized spacial score (nSPS) is 31.8. The summed E-state index contributed by atoms with van der Waals surface area (Å²) in [6, 6.07) is 4.73. The van der Waals surface area contributed by atoms with Gasteiger partial charge in [0.1, 0.15) is 0 Å². The van der Waals surface area contributed by atoms with E-state index in [-0.39, 0.29) is 42.3 Å². The number of nitrogens with zero attached hydrogens (tertiary/aromatic N) is 1. The minimum atomic E-state index is -0.518. The molecule has 24 heavy (non-hydrogen) atoms. The highest BCUT2D eigenvalue weighted by Crippen LogP contribution is 2.52. The molecule has 1 aromatic carbocycles. The lowest BCUT2D eigenvalue weighted by atomic mass is 9.85. The Balaban J connectivity index is 1.38. The number of hydrogen-bond acceptors (Lipinski definition) is 5. The molecule has 7 nitrogen and oxygen atoms in total. The molecule has 4 atom stereocenters. The maximum Gasteiger partial charge on any atom is 0.270 e. The predicted molar refractivity (Wildman–Crippen MR) is 79.6 cm³/mol. The SMILES string of the molecule is O=C(NN1C(=O)C2C3C=CC(C3)C2C1=O)c1ccc2c(c1)OCO2. The standard InChI is InChI=1S/C17H14N2O5/c20-15(10-3-4-11-12(6-10)24-7-23-11)18-19-16(21)13-8-1-2-9(5-8)14(13)17(19)22/h1-4,6,8-9,13-14H,5,7H2,(H,18,20). The number of hydrogen-bond donors (Lipinski definition) is 1. The minimum absolute atomic E-state index is 0.114. The van der Waals surface area contributed by atoms with Crippen LogP contribution in [0.1, 0.15) is 16.8 Å². The molecule has 2 fully saturated rings. The number of amides is 3. The highest BCUT2D eigenvalue weighted by Gasteiger charge is 2.59. The quantitative estimate of drug-likeness (QED) is 0.644. The average molecular weight is 326 g/mol. The van der Waals surface area contributed by atoms with Gasteiger partial charge >= 0.3 is 0 Å². The van der Waals surface area contributed by atoms with Gasteiger partial charge in [-0.1, -0.05) is 12.2 Å². The Kier molecular flexibility index (Phi) is 2.60. The van der Waals surface area contributed by atoms with Crippen LogP contribution in [0.2, 0.25) is 0 Å². The van der Waals surface area contributed by atoms with Crippen LogP contribution >= 0.6 is 0 Å². The lowest BCUT2D eigenvalue weighted by molar-refractivity contribution is -0.143. The van der Waals surface area contributed by atoms with E-state index in [0.29, 0.717) is 17.1 Å². The molecule has 4 aliphatic rings. The van der Waals surface area contributed by atoms with Crippen LogP contribution in [0.4, 0.5) is 0 Å². The van der Waals surface area contributed by atoms with Crippen molar-refractivity contribution in [1.82, 2.24) is 10.4 Å². The average Bonchev–Trinajstić information content (AvgIpc) is 3.34. The summed E-state index contributed by atoms with van der Waals surface area (Å²) in [6.07, 6.45) is 4.89. The molecule has 0 aromatic heterocycles. The van der Waals surface area contributed by atoms with Crippen LogP contribution < -0.4 is 14.9 Å². The summed E-state index contributed by atoms with van der Waals surface area (Å²) >= 11 is 0. The molecule has 1 aromatic rings. The third-order valence-corrected chi connectivity index (χ3v) is 5.32. The van der Waals surface area contributed by atoms with E-state index in [1.54, 1.807) is 12.1 Å². The zero-order valence-corrected chi connectivity index (χ0v) is 12.6. The summed E-state index contributed by atoms with van der Waals surface area (Å²) in [5.41, 5.74) is 2.76. The van der Waals surface area contributed by atoms with Crippen molar-refractivity contribution < 1.29 is 23.9 Å². The van der Waals surface area contributed by atoms with Gasteiger partial charge in [0.15, 0.2) is 11.5 Å². The van der Waals surface area contributed by atoms with Crippen molar-refractivity contribution in [2.75, 3.05) is 6.79 Å². The molecule has 2 bridgehead atoms. The van der Waals surface area contributed by atoms with Gasteiger partial charge in [0.05, 0.1) is 11.8 Å². The number of ether oxygens (including phenoxy) is 2. The van der Waals surface area contributed by atoms with Gasteiger partial charge in [-0.05, 0) is 36.5 Å². The van der Waals surface area contributed by atoms with Crippen molar-refractivity contribution in [2.24, 2.45) is 23.7 Å². The molecule has 0 radical (unpaired) electrons. The molecule has 5 rings (SSSR count). The Labute approximate surface area is 137 Å². The Morgan fingerprint density at radius 3 is 2.42 bits per heavy atom. The zero-order chi connectivity index (χ0) is 16.4. The van der Waals surface area contributed by atoms with Crippen LogP contribution in [-0.2, 0) is 9.59 Å². The molecule has 2 aliphatic carbocycles. The summed E-state index contributed by atoms with van der Waals surface area (Å²) < 4.78 is 10.4. The number of rotatable bonds is 2. The molecule has 2 aliphatic heterocycles. The number of carbonyl (C=O) groups is 3. The van der Waals surface area contributed by atoms with Gasteiger partial charge in [-0.2, -0.15) is 5.01 Å². The van der Waals surface area contributed by atoms with Crippen LogP contribution in [0.25, 0.3) is 0 Å². The molecule has 2 heterocycles. The first-order chi connectivity index (χ1) is 11.6. The lowest BCUT2D eigenvalue weighted by Gasteiger charge is -2.18. The second-order valence-corrected chi connectivity index (χ2v) is 6.52. The van der Waals surface area contributed by atoms with Gasteiger partial charge < -0.3 is 9.47 Å². The molecular formula is C17H14N2O5. The van der Waals surface area contributed by atoms with Gasteiger partial charge in [-0.3, -0.25) is 19.8 Å². The van der Waals surface area contributed by atoms with E-state index >= 15 is 0 Å². The van der Waals surface area contributed by atoms with Gasteiger partial charge in [0.25, 0.3) is 17.7 Å². The van der Waals surface area contributed by atoms with Crippen LogP contribution in [0.15, 0.2) is 30.4 Å². The number of imide groups is 1. The Bertz CT molecular complexity index is 787. The van der Waals surface area contributed by atoms with Crippen molar-refractivity contribution in [2.45, 2.75) is 6.42 Å². The largest absolute Gasteiger partial charge is 0.454 e. The number of fused-ring (bicyclic) bond motifs is 6. The molecular weight excluding hydrogens is 312 g/mol. The second kappa shape index (κ2) is 4.59. The van der Waals surface area contributed by atoms with Gasteiger partial charge in [-0.15, -0.1) is 0 Å². The highest BCUT2D eigenvalue weighted by molar-refractivity contribution is 6.08. The highest BCUT2D eigenvalue weighted by atomic mass is 16.7. The summed E-state index contributed by atoms with van der Waals surface area (Å²) in [5.74, 6) is -0.526. The molecule has 122 valence electrons. The molecule has 1 saturated heterocycles. The maximum atomic E-state index is 12.6. The van der Waals surface area contributed by atoms with Crippen LogP contribution in [0.5, 0.6) is 11.5 Å². The topological polar surface area (TPSA) is 84.9 Å². The van der Waals surface area contributed by atoms with Crippen molar-refractivity contribution in [3.63, 3.8) is 0 Å². The summed E-state index contributed by atoms with van der Waals surface area (Å²) in [7, 11) is 0. The minimum Gasteiger partial charge on any atom is -0.454 e. The monoisotopic (exact) mass is 326 g/mol. The number of nitrogens with one attached hydrogen (secondary N) is 1. The Morgan fingerprint density at radius 1 is 1.04 bits per heavy atom. The Morgan fingerprint density at radius 2 is 1.71 bits per heavy atom. The van der Waals surface area contributed by atoms with Crippen LogP contribution in [0.3, 0.4) is 0 Å². The van der Waals surface area contributed by atoms with E-state index < -0.39 is 5.91 Å². The van der Waals surface area contributed by atoms with Crippen molar-refractivity contribution in [3.05, 3.63) is 35.9 Å². The van der Waals surface area contributed by atoms with Crippen molar-refractivity contribution in [1.29, 1.82) is 0 Å². The van der Waals surface area contributed by atoms with Gasteiger partial charge in [0, 0.05) is 5.56 Å². The van der Waals surface area contributed by atoms with E-state index in [4.69, 9.17) is 9.47 Å². The number of allylic oxidation sites excluding steroid dienone is 2. The zero-order valence-electron chi connectivity index (χ0n) is 12.6. The number of benzene rings is 1. The van der Waals surface area contributed by atoms with Crippen LogP contribution in [-0.4, -0.2) is 29.5 Å². The van der Waals surface area contributed by atoms with Gasteiger partial charge in [0.2, 0.25) is 6.79 Å². The van der Waals surface area contributed by atoms with E-state index in [2.05, 4.69) is 5.43 Å². The van der Waals surface area contributed by atoms with Crippen molar-refractivity contribution in [3.8, 4) is 11.5 Å². The van der Waals surface area contributed by atoms with E-state index in [0.717, 1.165) is 11.4 Å². The fourth-order valence-electron chi connectivity index (χ4n) is 4.22. The third kappa shape index (κ3) is 1.69. The first kappa shape index (κ1) is 13.6. The van der Waals surface area contributed by atoms with E-state index in [1.807, 2.05) is 12.2 Å². The fraction of sp³-hybridized carbons (Fsp3) is 0.353. The van der Waals surface area contributed by atoms with Gasteiger partial charge in [-0.25, -0.2) is 0 Å². The third-order valence-electron chi connectivity index (χ3n) is 5.32. The molecule has 4 unspecified atom stereocenters. The van der Waals surface area contributed by atoms with Crippen molar-refractivity contribution >= 4 is 17.7 Å². The van der Waals surface area contributed by atoms with E-state index in [9.17, 15) is 14.4 Å². The Hall–Kier alpha value is -2.83. The number of hydrazine groups is 1. The molecule has 1 N–H and O–H groups in total. The molecule has 3 amide bonds. The fourth-order valence-corrected chi connectivity index (χ4v) is 4.22. The smallest absolute Gasteiger partial charge is 0.270 e. The summed E-state index contributed by atoms with van der Waals surface area (Å²) in [5, 5.41) is 0.897. The maximum absolute atomic E-state index is 12.6. The van der Waals surface area contributed by atoms with E-state index in [1.165, 1.54) is 6.07 Å². The summed E-state index contributed by atoms with van der Waals surface area (Å²) in [6.45, 7) is 0.114. The molecule has 7 heteroatoms. The predicted octanol–water partition coefficient (Wildman–Crippen LogP) is 0.867. The first-order valence-electron chi connectivity index (χ1n) is 7.90. The second-order valence-electron chi connectivity index (χ2n) is 6.52. The first-order valence-corrected chi connectivity index (χ1v) is 7.90. The lowest BCUT2D eigenvalue weighted by Crippen LogP contribution is -2.47.